The summed E-state index contributed by atoms with van der Waals surface area (Å²) in [6.45, 7) is 2.57. The Bertz CT molecular complexity index is 912. The lowest BCUT2D eigenvalue weighted by Gasteiger charge is -2.17. The SMILES string of the molecule is CCOc1ccccc1CCC(=O)NC(CCSC)c1nnc2ccccn12. The summed E-state index contributed by atoms with van der Waals surface area (Å²) >= 11 is 1.75. The van der Waals surface area contributed by atoms with Crippen molar-refractivity contribution in [2.45, 2.75) is 32.2 Å². The van der Waals surface area contributed by atoms with E-state index in [0.29, 0.717) is 19.4 Å². The lowest BCUT2D eigenvalue weighted by atomic mass is 10.1. The average Bonchev–Trinajstić information content (AvgIpc) is 3.15. The first-order chi connectivity index (χ1) is 13.7. The number of rotatable bonds is 10. The van der Waals surface area contributed by atoms with Crippen molar-refractivity contribution in [3.63, 3.8) is 0 Å². The molecule has 2 heterocycles. The first-order valence-electron chi connectivity index (χ1n) is 9.51. The summed E-state index contributed by atoms with van der Waals surface area (Å²) in [4.78, 5) is 12.7. The molecule has 28 heavy (non-hydrogen) atoms. The second-order valence-electron chi connectivity index (χ2n) is 6.43. The second kappa shape index (κ2) is 10.1. The van der Waals surface area contributed by atoms with Crippen LogP contribution in [-0.2, 0) is 11.2 Å². The number of hydrogen-bond donors (Lipinski definition) is 1. The topological polar surface area (TPSA) is 68.5 Å². The minimum atomic E-state index is -0.167. The Hall–Kier alpha value is -2.54. The standard InChI is InChI=1S/C21H26N4O2S/c1-3-27-18-9-5-4-8-16(18)11-12-20(26)22-17(13-15-28-2)21-24-23-19-10-6-7-14-25(19)21/h4-10,14,17H,3,11-13,15H2,1-2H3,(H,22,26). The van der Waals surface area contributed by atoms with Crippen molar-refractivity contribution in [2.24, 2.45) is 0 Å². The van der Waals surface area contributed by atoms with E-state index in [1.165, 1.54) is 0 Å². The van der Waals surface area contributed by atoms with Gasteiger partial charge in [0.2, 0.25) is 5.91 Å². The molecule has 0 saturated heterocycles. The van der Waals surface area contributed by atoms with E-state index in [4.69, 9.17) is 4.74 Å². The van der Waals surface area contributed by atoms with Crippen LogP contribution in [0.5, 0.6) is 5.75 Å². The molecule has 7 heteroatoms. The summed E-state index contributed by atoms with van der Waals surface area (Å²) in [7, 11) is 0. The van der Waals surface area contributed by atoms with Crippen LogP contribution in [0.1, 0.15) is 37.2 Å². The molecule has 6 nitrogen and oxygen atoms in total. The van der Waals surface area contributed by atoms with Gasteiger partial charge in [0.05, 0.1) is 12.6 Å². The van der Waals surface area contributed by atoms with E-state index < -0.39 is 0 Å². The predicted octanol–water partition coefficient (Wildman–Crippen LogP) is 3.67. The smallest absolute Gasteiger partial charge is 0.220 e. The fraction of sp³-hybridized carbons (Fsp3) is 0.381. The number of amides is 1. The molecule has 0 spiro atoms. The molecule has 0 bridgehead atoms. The number of benzene rings is 1. The number of aromatic nitrogens is 3. The van der Waals surface area contributed by atoms with Gasteiger partial charge in [-0.3, -0.25) is 9.20 Å². The van der Waals surface area contributed by atoms with Gasteiger partial charge >= 0.3 is 0 Å². The van der Waals surface area contributed by atoms with Crippen LogP contribution in [0, 0.1) is 0 Å². The van der Waals surface area contributed by atoms with Crippen molar-refractivity contribution in [1.29, 1.82) is 0 Å². The molecule has 1 atom stereocenters. The van der Waals surface area contributed by atoms with Crippen molar-refractivity contribution >= 4 is 23.3 Å². The third kappa shape index (κ3) is 5.04. The van der Waals surface area contributed by atoms with Crippen molar-refractivity contribution in [3.05, 3.63) is 60.0 Å². The number of fused-ring (bicyclic) bond motifs is 1. The zero-order valence-corrected chi connectivity index (χ0v) is 17.1. The summed E-state index contributed by atoms with van der Waals surface area (Å²) in [5, 5.41) is 11.7. The molecule has 0 aliphatic rings. The number of hydrogen-bond acceptors (Lipinski definition) is 5. The molecule has 3 aromatic rings. The molecule has 148 valence electrons. The Morgan fingerprint density at radius 3 is 2.86 bits per heavy atom. The quantitative estimate of drug-likeness (QED) is 0.564. The summed E-state index contributed by atoms with van der Waals surface area (Å²) in [5.74, 6) is 2.55. The zero-order chi connectivity index (χ0) is 19.8. The minimum Gasteiger partial charge on any atom is -0.494 e. The van der Waals surface area contributed by atoms with E-state index in [9.17, 15) is 4.79 Å². The Balaban J connectivity index is 1.68. The molecular formula is C21H26N4O2S. The minimum absolute atomic E-state index is 0.00471. The molecule has 2 aromatic heterocycles. The highest BCUT2D eigenvalue weighted by Gasteiger charge is 2.20. The van der Waals surface area contributed by atoms with Crippen LogP contribution in [0.25, 0.3) is 5.65 Å². The lowest BCUT2D eigenvalue weighted by molar-refractivity contribution is -0.121. The van der Waals surface area contributed by atoms with Crippen molar-refractivity contribution in [2.75, 3.05) is 18.6 Å². The monoisotopic (exact) mass is 398 g/mol. The molecule has 0 aliphatic heterocycles. The number of pyridine rings is 1. The van der Waals surface area contributed by atoms with Crippen molar-refractivity contribution in [1.82, 2.24) is 19.9 Å². The van der Waals surface area contributed by atoms with Crippen molar-refractivity contribution in [3.8, 4) is 5.75 Å². The molecule has 1 aromatic carbocycles. The van der Waals surface area contributed by atoms with Gasteiger partial charge in [-0.15, -0.1) is 10.2 Å². The number of ether oxygens (including phenoxy) is 1. The van der Waals surface area contributed by atoms with Gasteiger partial charge in [-0.25, -0.2) is 0 Å². The van der Waals surface area contributed by atoms with Crippen LogP contribution in [0.3, 0.4) is 0 Å². The number of thioether (sulfide) groups is 1. The van der Waals surface area contributed by atoms with E-state index in [-0.39, 0.29) is 11.9 Å². The molecule has 0 saturated carbocycles. The van der Waals surface area contributed by atoms with Gasteiger partial charge < -0.3 is 10.1 Å². The highest BCUT2D eigenvalue weighted by molar-refractivity contribution is 7.98. The van der Waals surface area contributed by atoms with Crippen molar-refractivity contribution < 1.29 is 9.53 Å². The molecule has 3 rings (SSSR count). The molecular weight excluding hydrogens is 372 g/mol. The largest absolute Gasteiger partial charge is 0.494 e. The normalized spacial score (nSPS) is 12.1. The zero-order valence-electron chi connectivity index (χ0n) is 16.3. The van der Waals surface area contributed by atoms with E-state index in [2.05, 4.69) is 21.8 Å². The van der Waals surface area contributed by atoms with Crippen LogP contribution in [0.2, 0.25) is 0 Å². The molecule has 1 unspecified atom stereocenters. The van der Waals surface area contributed by atoms with Gasteiger partial charge in [-0.1, -0.05) is 24.3 Å². The lowest BCUT2D eigenvalue weighted by Crippen LogP contribution is -2.30. The summed E-state index contributed by atoms with van der Waals surface area (Å²) in [6, 6.07) is 13.5. The van der Waals surface area contributed by atoms with Crippen LogP contribution in [-0.4, -0.2) is 39.1 Å². The van der Waals surface area contributed by atoms with Gasteiger partial charge in [0.1, 0.15) is 5.75 Å². The number of para-hydroxylation sites is 1. The molecule has 0 fully saturated rings. The highest BCUT2D eigenvalue weighted by atomic mass is 32.2. The first kappa shape index (κ1) is 20.2. The second-order valence-corrected chi connectivity index (χ2v) is 7.41. The number of aryl methyl sites for hydroxylation is 1. The highest BCUT2D eigenvalue weighted by Crippen LogP contribution is 2.21. The van der Waals surface area contributed by atoms with Crippen LogP contribution in [0.4, 0.5) is 0 Å². The third-order valence-corrected chi connectivity index (χ3v) is 5.14. The maximum Gasteiger partial charge on any atom is 0.220 e. The van der Waals surface area contributed by atoms with E-state index in [0.717, 1.165) is 35.0 Å². The number of nitrogens with one attached hydrogen (secondary N) is 1. The first-order valence-corrected chi connectivity index (χ1v) is 10.9. The van der Waals surface area contributed by atoms with Gasteiger partial charge in [-0.2, -0.15) is 11.8 Å². The Morgan fingerprint density at radius 1 is 1.21 bits per heavy atom. The molecule has 0 aliphatic carbocycles. The van der Waals surface area contributed by atoms with Gasteiger partial charge in [0.25, 0.3) is 0 Å². The summed E-state index contributed by atoms with van der Waals surface area (Å²) in [5.41, 5.74) is 1.83. The van der Waals surface area contributed by atoms with E-state index >= 15 is 0 Å². The molecule has 1 N–H and O–H groups in total. The summed E-state index contributed by atoms with van der Waals surface area (Å²) in [6.07, 6.45) is 5.83. The fourth-order valence-electron chi connectivity index (χ4n) is 3.12. The third-order valence-electron chi connectivity index (χ3n) is 4.49. The van der Waals surface area contributed by atoms with E-state index in [1.807, 2.05) is 60.0 Å². The Morgan fingerprint density at radius 2 is 2.04 bits per heavy atom. The average molecular weight is 399 g/mol. The molecule has 0 radical (unpaired) electrons. The van der Waals surface area contributed by atoms with Gasteiger partial charge in [0, 0.05) is 12.6 Å². The van der Waals surface area contributed by atoms with Gasteiger partial charge in [-0.05, 0) is 55.5 Å². The fourth-order valence-corrected chi connectivity index (χ4v) is 3.59. The van der Waals surface area contributed by atoms with Crippen LogP contribution >= 0.6 is 11.8 Å². The van der Waals surface area contributed by atoms with Gasteiger partial charge in [0.15, 0.2) is 11.5 Å². The summed E-state index contributed by atoms with van der Waals surface area (Å²) < 4.78 is 7.59. The number of carbonyl (C=O) groups excluding carboxylic acids is 1. The maximum absolute atomic E-state index is 12.7. The van der Waals surface area contributed by atoms with Crippen LogP contribution in [0.15, 0.2) is 48.7 Å². The van der Waals surface area contributed by atoms with Crippen LogP contribution < -0.4 is 10.1 Å². The Labute approximate surface area is 169 Å². The number of carbonyl (C=O) groups is 1. The Kier molecular flexibility index (Phi) is 7.31. The van der Waals surface area contributed by atoms with E-state index in [1.54, 1.807) is 11.8 Å². The molecule has 1 amide bonds. The maximum atomic E-state index is 12.7. The predicted molar refractivity (Wildman–Crippen MR) is 113 cm³/mol. The number of nitrogens with zero attached hydrogens (tertiary/aromatic N) is 3.